The lowest BCUT2D eigenvalue weighted by atomic mass is 9.87. The van der Waals surface area contributed by atoms with Gasteiger partial charge in [-0.2, -0.15) is 0 Å². The number of amides is 3. The molecule has 8 atom stereocenters. The van der Waals surface area contributed by atoms with E-state index in [0.717, 1.165) is 0 Å². The molecule has 0 aliphatic carbocycles. The quantitative estimate of drug-likeness (QED) is 0.0280. The van der Waals surface area contributed by atoms with Crippen molar-refractivity contribution >= 4 is 105 Å². The number of ketones is 13. The van der Waals surface area contributed by atoms with Gasteiger partial charge in [-0.15, -0.1) is 0 Å². The van der Waals surface area contributed by atoms with E-state index in [1.807, 2.05) is 0 Å². The van der Waals surface area contributed by atoms with Crippen LogP contribution in [0.1, 0.15) is 296 Å². The van der Waals surface area contributed by atoms with Crippen LogP contribution in [-0.4, -0.2) is 186 Å². The smallest absolute Gasteiger partial charge is 0.323 e. The zero-order chi connectivity index (χ0) is 81.2. The van der Waals surface area contributed by atoms with Gasteiger partial charge in [-0.05, 0) is 112 Å². The molecule has 0 aromatic carbocycles. The van der Waals surface area contributed by atoms with Crippen molar-refractivity contribution in [2.24, 2.45) is 23.7 Å². The number of carbonyl (C=O) groups is 18. The number of nitrogens with one attached hydrogen (secondary N) is 5. The molecule has 107 heavy (non-hydrogen) atoms. The number of hydrogen-bond acceptors (Lipinski definition) is 24. The molecule has 0 aromatic heterocycles. The highest BCUT2D eigenvalue weighted by atomic mass is 16.6. The SMILES string of the molecule is CCC(=O)CCC(CCC(=O)CCC(NC(=O)CCC(CC(=O)COCCOCCNC(=O)CCC(NCC(=O)OC(C)(C)C)C(=O)OC(C)(C)C)C(=O)NC(CCC(=O)CCC(CCC(=O)CC)C(=O)CC)C(=O)CNC(CCC(=O)CC)C(=O)CC)C(=O)CCC(CCC(=O)CC)C(=O)CC)C(=O)CC. The monoisotopic (exact) mass is 1510 g/mol. The first-order valence-corrected chi connectivity index (χ1v) is 39.1. The van der Waals surface area contributed by atoms with E-state index in [-0.39, 0.29) is 271 Å². The van der Waals surface area contributed by atoms with Crippen LogP contribution in [0.2, 0.25) is 0 Å². The summed E-state index contributed by atoms with van der Waals surface area (Å²) in [6, 6.07) is -4.67. The fraction of sp³-hybridized carbons (Fsp3) is 0.775. The minimum Gasteiger partial charge on any atom is -0.459 e. The molecule has 27 heteroatoms. The summed E-state index contributed by atoms with van der Waals surface area (Å²) in [5, 5.41) is 13.9. The second-order valence-corrected chi connectivity index (χ2v) is 29.5. The van der Waals surface area contributed by atoms with Crippen LogP contribution in [0.25, 0.3) is 0 Å². The lowest BCUT2D eigenvalue weighted by molar-refractivity contribution is -0.159. The van der Waals surface area contributed by atoms with Gasteiger partial charge in [0.2, 0.25) is 17.7 Å². The molecule has 0 aromatic rings. The van der Waals surface area contributed by atoms with Crippen LogP contribution in [0.3, 0.4) is 0 Å². The van der Waals surface area contributed by atoms with Crippen molar-refractivity contribution in [3.63, 3.8) is 0 Å². The molecule has 0 radical (unpaired) electrons. The van der Waals surface area contributed by atoms with Crippen LogP contribution in [0.5, 0.6) is 0 Å². The summed E-state index contributed by atoms with van der Waals surface area (Å²) in [5.41, 5.74) is -1.61. The number of carbonyl (C=O) groups excluding carboxylic acids is 18. The number of hydrogen-bond donors (Lipinski definition) is 5. The highest BCUT2D eigenvalue weighted by molar-refractivity contribution is 5.95. The van der Waals surface area contributed by atoms with Gasteiger partial charge >= 0.3 is 11.9 Å². The third-order valence-electron chi connectivity index (χ3n) is 18.4. The van der Waals surface area contributed by atoms with Crippen LogP contribution in [-0.2, 0) is 105 Å². The summed E-state index contributed by atoms with van der Waals surface area (Å²) in [6.45, 7) is 22.1. The van der Waals surface area contributed by atoms with Gasteiger partial charge in [0.05, 0.1) is 51.0 Å². The van der Waals surface area contributed by atoms with Gasteiger partial charge in [0, 0.05) is 159 Å². The summed E-state index contributed by atoms with van der Waals surface area (Å²) in [6.07, 6.45) is 0.436. The molecule has 0 heterocycles. The summed E-state index contributed by atoms with van der Waals surface area (Å²) >= 11 is 0. The number of ether oxygens (including phenoxy) is 4. The average Bonchev–Trinajstić information content (AvgIpc) is 0.876. The first kappa shape index (κ1) is 99.9. The van der Waals surface area contributed by atoms with E-state index in [1.165, 1.54) is 0 Å². The van der Waals surface area contributed by atoms with Gasteiger partial charge in [0.1, 0.15) is 81.7 Å². The van der Waals surface area contributed by atoms with E-state index in [0.29, 0.717) is 6.42 Å². The second-order valence-electron chi connectivity index (χ2n) is 29.5. The van der Waals surface area contributed by atoms with Crippen molar-refractivity contribution in [1.29, 1.82) is 0 Å². The minimum absolute atomic E-state index is 0.00299. The molecular weight excluding hydrogens is 1380 g/mol. The number of Topliss-reactive ketones (excluding diaryl/α,β-unsaturated/α-hetero) is 13. The Morgan fingerprint density at radius 1 is 0.308 bits per heavy atom. The summed E-state index contributed by atoms with van der Waals surface area (Å²) < 4.78 is 22.1. The molecule has 5 N–H and O–H groups in total. The Balaban J connectivity index is 7.13. The summed E-state index contributed by atoms with van der Waals surface area (Å²) in [4.78, 5) is 238. The maximum absolute atomic E-state index is 14.8. The fourth-order valence-corrected chi connectivity index (χ4v) is 11.7. The van der Waals surface area contributed by atoms with Gasteiger partial charge in [-0.25, -0.2) is 0 Å². The summed E-state index contributed by atoms with van der Waals surface area (Å²) in [7, 11) is 0. The third kappa shape index (κ3) is 48.1. The van der Waals surface area contributed by atoms with Crippen molar-refractivity contribution in [3.8, 4) is 0 Å². The van der Waals surface area contributed by atoms with E-state index in [9.17, 15) is 86.3 Å². The maximum Gasteiger partial charge on any atom is 0.323 e. The number of rotatable bonds is 67. The predicted octanol–water partition coefficient (Wildman–Crippen LogP) is 8.82. The van der Waals surface area contributed by atoms with Crippen LogP contribution in [0.15, 0.2) is 0 Å². The van der Waals surface area contributed by atoms with Gasteiger partial charge in [0.15, 0.2) is 17.3 Å². The first-order chi connectivity index (χ1) is 50.4. The largest absolute Gasteiger partial charge is 0.459 e. The van der Waals surface area contributed by atoms with Crippen LogP contribution in [0, 0.1) is 23.7 Å². The van der Waals surface area contributed by atoms with Gasteiger partial charge in [-0.1, -0.05) is 55.4 Å². The molecule has 0 bridgehead atoms. The molecule has 0 saturated heterocycles. The lowest BCUT2D eigenvalue weighted by Gasteiger charge is -2.25. The molecule has 608 valence electrons. The Bertz CT molecular complexity index is 2910. The molecule has 0 rings (SSSR count). The molecule has 3 amide bonds. The van der Waals surface area contributed by atoms with Crippen molar-refractivity contribution in [1.82, 2.24) is 26.6 Å². The molecular formula is C80H131N5O22. The van der Waals surface area contributed by atoms with Crippen molar-refractivity contribution in [2.75, 3.05) is 46.1 Å². The zero-order valence-electron chi connectivity index (χ0n) is 67.0. The molecule has 8 unspecified atom stereocenters. The Kier molecular flexibility index (Phi) is 52.4. The predicted molar refractivity (Wildman–Crippen MR) is 401 cm³/mol. The van der Waals surface area contributed by atoms with E-state index >= 15 is 0 Å². The number of esters is 2. The van der Waals surface area contributed by atoms with Crippen LogP contribution >= 0.6 is 0 Å². The van der Waals surface area contributed by atoms with Crippen molar-refractivity contribution in [2.45, 2.75) is 331 Å². The first-order valence-electron chi connectivity index (χ1n) is 39.1. The molecule has 0 saturated carbocycles. The van der Waals surface area contributed by atoms with Crippen LogP contribution in [0.4, 0.5) is 0 Å². The lowest BCUT2D eigenvalue weighted by Crippen LogP contribution is -2.49. The molecule has 0 spiro atoms. The third-order valence-corrected chi connectivity index (χ3v) is 18.4. The van der Waals surface area contributed by atoms with E-state index in [1.54, 1.807) is 96.9 Å². The topological polar surface area (TPSA) is 404 Å². The minimum atomic E-state index is -1.44. The fourth-order valence-electron chi connectivity index (χ4n) is 11.7. The van der Waals surface area contributed by atoms with Gasteiger partial charge < -0.3 is 40.2 Å². The highest BCUT2D eigenvalue weighted by Crippen LogP contribution is 2.24. The van der Waals surface area contributed by atoms with Crippen molar-refractivity contribution in [3.05, 3.63) is 0 Å². The summed E-state index contributed by atoms with van der Waals surface area (Å²) in [5.74, 6) is -9.89. The highest BCUT2D eigenvalue weighted by Gasteiger charge is 2.33. The van der Waals surface area contributed by atoms with E-state index in [2.05, 4.69) is 26.6 Å². The average molecular weight is 1510 g/mol. The van der Waals surface area contributed by atoms with E-state index in [4.69, 9.17) is 18.9 Å². The Morgan fingerprint density at radius 3 is 1.13 bits per heavy atom. The molecule has 0 fully saturated rings. The molecule has 0 aliphatic rings. The molecule has 27 nitrogen and oxygen atoms in total. The Labute approximate surface area is 635 Å². The molecule has 0 aliphatic heterocycles. The van der Waals surface area contributed by atoms with E-state index < -0.39 is 132 Å². The van der Waals surface area contributed by atoms with Gasteiger partial charge in [0.25, 0.3) is 0 Å². The van der Waals surface area contributed by atoms with Gasteiger partial charge in [-0.3, -0.25) is 91.6 Å². The van der Waals surface area contributed by atoms with Crippen LogP contribution < -0.4 is 26.6 Å². The second kappa shape index (κ2) is 56.2. The Hall–Kier alpha value is -7.10. The standard InChI is InChI=1S/C80H131N5O22/c1-15-57(86)30-23-53(68(93)19-5)26-33-61(90)36-39-65(72(97)42-28-55(70(95)21-7)25-32-59(88)17-3)84-75(100)43-29-56(49-63(92)52-105-48-47-104-46-45-81-74(99)44-41-67(78(103)107-80(12,13)14)83-51-76(101)106-79(9,10)11)77(102)85-66(73(98)50-82-64(71(96)22-8)38-35-60(89)18-4)40-37-62(91)34-27-54(69(94)20-6)24-31-58(87)16-2/h53-56,64-67,82-83H,15-52H2,1-14H3,(H,81,99)(H,84,100)(H,85,102). The maximum atomic E-state index is 14.8. The van der Waals surface area contributed by atoms with Crippen molar-refractivity contribution < 1.29 is 105 Å². The zero-order valence-corrected chi connectivity index (χ0v) is 67.0. The Morgan fingerprint density at radius 2 is 0.682 bits per heavy atom. The normalized spacial score (nSPS) is 13.8.